The molecular formula is C24H28N2O2. The van der Waals surface area contributed by atoms with Crippen molar-refractivity contribution < 1.29 is 9.53 Å². The summed E-state index contributed by atoms with van der Waals surface area (Å²) in [5.74, 6) is -0.113. The standard InChI is InChI=1S/C24H28N2O2/c1-6-20(18-12-8-7-9-13-18)23(27)28-22-16-21(24(3,4)5)25-26(22)19-14-10-11-17(2)15-19/h7-16,20H,6H2,1-5H3. The van der Waals surface area contributed by atoms with Crippen LogP contribution in [0.15, 0.2) is 60.7 Å². The molecule has 3 rings (SSSR count). The third kappa shape index (κ3) is 4.33. The second kappa shape index (κ2) is 8.01. The number of ether oxygens (including phenoxy) is 1. The number of benzene rings is 2. The Labute approximate surface area is 167 Å². The van der Waals surface area contributed by atoms with Crippen molar-refractivity contribution in [2.45, 2.75) is 52.4 Å². The SMILES string of the molecule is CCC(C(=O)Oc1cc(C(C)(C)C)nn1-c1cccc(C)c1)c1ccccc1. The van der Waals surface area contributed by atoms with Gasteiger partial charge >= 0.3 is 5.97 Å². The molecule has 0 aliphatic carbocycles. The van der Waals surface area contributed by atoms with Crippen LogP contribution in [0, 0.1) is 6.92 Å². The molecule has 0 bridgehead atoms. The Bertz CT molecular complexity index is 952. The van der Waals surface area contributed by atoms with Gasteiger partial charge in [0.05, 0.1) is 17.3 Å². The second-order valence-corrected chi connectivity index (χ2v) is 8.16. The molecule has 146 valence electrons. The van der Waals surface area contributed by atoms with E-state index in [1.165, 1.54) is 0 Å². The van der Waals surface area contributed by atoms with Crippen LogP contribution in [0.4, 0.5) is 0 Å². The van der Waals surface area contributed by atoms with Gasteiger partial charge in [0.2, 0.25) is 5.88 Å². The second-order valence-electron chi connectivity index (χ2n) is 8.16. The number of rotatable bonds is 5. The van der Waals surface area contributed by atoms with Crippen molar-refractivity contribution in [2.24, 2.45) is 0 Å². The van der Waals surface area contributed by atoms with E-state index in [1.807, 2.05) is 74.5 Å². The van der Waals surface area contributed by atoms with E-state index in [1.54, 1.807) is 4.68 Å². The first-order valence-corrected chi connectivity index (χ1v) is 9.74. The minimum atomic E-state index is -0.305. The maximum atomic E-state index is 13.0. The highest BCUT2D eigenvalue weighted by Gasteiger charge is 2.26. The Morgan fingerprint density at radius 2 is 1.79 bits per heavy atom. The van der Waals surface area contributed by atoms with Gasteiger partial charge in [-0.2, -0.15) is 5.10 Å². The summed E-state index contributed by atoms with van der Waals surface area (Å²) in [7, 11) is 0. The summed E-state index contributed by atoms with van der Waals surface area (Å²) in [6.07, 6.45) is 0.674. The fourth-order valence-corrected chi connectivity index (χ4v) is 3.15. The maximum absolute atomic E-state index is 13.0. The van der Waals surface area contributed by atoms with E-state index in [2.05, 4.69) is 20.8 Å². The Morgan fingerprint density at radius 1 is 1.07 bits per heavy atom. The minimum Gasteiger partial charge on any atom is -0.407 e. The Morgan fingerprint density at radius 3 is 2.39 bits per heavy atom. The molecule has 1 aromatic heterocycles. The molecule has 28 heavy (non-hydrogen) atoms. The zero-order valence-electron chi connectivity index (χ0n) is 17.3. The molecule has 0 aliphatic rings. The van der Waals surface area contributed by atoms with Gasteiger partial charge in [0, 0.05) is 11.5 Å². The van der Waals surface area contributed by atoms with E-state index in [0.29, 0.717) is 12.3 Å². The zero-order valence-corrected chi connectivity index (χ0v) is 17.3. The van der Waals surface area contributed by atoms with E-state index in [-0.39, 0.29) is 17.3 Å². The molecule has 0 radical (unpaired) electrons. The van der Waals surface area contributed by atoms with Crippen LogP contribution in [0.3, 0.4) is 0 Å². The van der Waals surface area contributed by atoms with Gasteiger partial charge in [-0.05, 0) is 36.6 Å². The van der Waals surface area contributed by atoms with E-state index in [0.717, 1.165) is 22.5 Å². The van der Waals surface area contributed by atoms with Crippen molar-refractivity contribution in [1.29, 1.82) is 0 Å². The number of esters is 1. The van der Waals surface area contributed by atoms with Crippen LogP contribution < -0.4 is 4.74 Å². The smallest absolute Gasteiger partial charge is 0.320 e. The van der Waals surface area contributed by atoms with Crippen LogP contribution >= 0.6 is 0 Å². The minimum absolute atomic E-state index is 0.153. The molecule has 0 aliphatic heterocycles. The average Bonchev–Trinajstić information content (AvgIpc) is 3.07. The summed E-state index contributed by atoms with van der Waals surface area (Å²) in [6, 6.07) is 19.7. The molecule has 1 unspecified atom stereocenters. The van der Waals surface area contributed by atoms with E-state index in [4.69, 9.17) is 9.84 Å². The van der Waals surface area contributed by atoms with Gasteiger partial charge in [0.15, 0.2) is 0 Å². The number of nitrogens with zero attached hydrogens (tertiary/aromatic N) is 2. The molecule has 0 saturated carbocycles. The molecule has 4 nitrogen and oxygen atoms in total. The van der Waals surface area contributed by atoms with Crippen molar-refractivity contribution in [2.75, 3.05) is 0 Å². The van der Waals surface area contributed by atoms with Gasteiger partial charge in [0.25, 0.3) is 0 Å². The molecule has 2 aromatic carbocycles. The van der Waals surface area contributed by atoms with Crippen molar-refractivity contribution in [3.63, 3.8) is 0 Å². The van der Waals surface area contributed by atoms with E-state index >= 15 is 0 Å². The molecule has 0 spiro atoms. The number of carbonyl (C=O) groups excluding carboxylic acids is 1. The Hall–Kier alpha value is -2.88. The zero-order chi connectivity index (χ0) is 20.3. The summed E-state index contributed by atoms with van der Waals surface area (Å²) in [6.45, 7) is 10.3. The first-order valence-electron chi connectivity index (χ1n) is 9.74. The lowest BCUT2D eigenvalue weighted by atomic mass is 9.93. The fraction of sp³-hybridized carbons (Fsp3) is 0.333. The summed E-state index contributed by atoms with van der Waals surface area (Å²) >= 11 is 0. The summed E-state index contributed by atoms with van der Waals surface area (Å²) in [4.78, 5) is 13.0. The van der Waals surface area contributed by atoms with Crippen molar-refractivity contribution in [1.82, 2.24) is 9.78 Å². The Balaban J connectivity index is 1.98. The normalized spacial score (nSPS) is 12.6. The quantitative estimate of drug-likeness (QED) is 0.546. The first kappa shape index (κ1) is 19.9. The van der Waals surface area contributed by atoms with Gasteiger partial charge in [-0.1, -0.05) is 70.2 Å². The third-order valence-corrected chi connectivity index (χ3v) is 4.79. The van der Waals surface area contributed by atoms with Gasteiger partial charge < -0.3 is 4.74 Å². The molecule has 4 heteroatoms. The van der Waals surface area contributed by atoms with E-state index in [9.17, 15) is 4.79 Å². The fourth-order valence-electron chi connectivity index (χ4n) is 3.15. The van der Waals surface area contributed by atoms with Crippen LogP contribution in [0.2, 0.25) is 0 Å². The average molecular weight is 377 g/mol. The lowest BCUT2D eigenvalue weighted by molar-refractivity contribution is -0.136. The highest BCUT2D eigenvalue weighted by Crippen LogP contribution is 2.29. The molecule has 3 aromatic rings. The largest absolute Gasteiger partial charge is 0.407 e. The van der Waals surface area contributed by atoms with Crippen molar-refractivity contribution in [3.05, 3.63) is 77.5 Å². The molecule has 0 saturated heterocycles. The summed E-state index contributed by atoms with van der Waals surface area (Å²) < 4.78 is 7.61. The lowest BCUT2D eigenvalue weighted by Gasteiger charge is -2.15. The predicted octanol–water partition coefficient (Wildman–Crippen LogP) is 5.58. The van der Waals surface area contributed by atoms with Gasteiger partial charge in [-0.3, -0.25) is 4.79 Å². The maximum Gasteiger partial charge on any atom is 0.320 e. The van der Waals surface area contributed by atoms with Gasteiger partial charge in [0.1, 0.15) is 0 Å². The predicted molar refractivity (Wildman–Crippen MR) is 112 cm³/mol. The molecule has 0 amide bonds. The van der Waals surface area contributed by atoms with Crippen molar-refractivity contribution in [3.8, 4) is 11.6 Å². The summed E-state index contributed by atoms with van der Waals surface area (Å²) in [5.41, 5.74) is 3.70. The van der Waals surface area contributed by atoms with Gasteiger partial charge in [-0.15, -0.1) is 0 Å². The number of aromatic nitrogens is 2. The van der Waals surface area contributed by atoms with Crippen LogP contribution in [-0.2, 0) is 10.2 Å². The number of hydrogen-bond donors (Lipinski definition) is 0. The Kier molecular flexibility index (Phi) is 5.68. The lowest BCUT2D eigenvalue weighted by Crippen LogP contribution is -2.19. The van der Waals surface area contributed by atoms with Crippen LogP contribution in [-0.4, -0.2) is 15.7 Å². The van der Waals surface area contributed by atoms with Crippen LogP contribution in [0.5, 0.6) is 5.88 Å². The highest BCUT2D eigenvalue weighted by atomic mass is 16.5. The molecule has 1 heterocycles. The number of carbonyl (C=O) groups is 1. The topological polar surface area (TPSA) is 44.1 Å². The van der Waals surface area contributed by atoms with Crippen LogP contribution in [0.25, 0.3) is 5.69 Å². The van der Waals surface area contributed by atoms with Crippen molar-refractivity contribution >= 4 is 5.97 Å². The molecule has 0 N–H and O–H groups in total. The highest BCUT2D eigenvalue weighted by molar-refractivity contribution is 5.80. The monoisotopic (exact) mass is 376 g/mol. The number of aryl methyl sites for hydroxylation is 1. The van der Waals surface area contributed by atoms with Crippen LogP contribution in [0.1, 0.15) is 56.9 Å². The summed E-state index contributed by atoms with van der Waals surface area (Å²) in [5, 5.41) is 4.74. The van der Waals surface area contributed by atoms with Gasteiger partial charge in [-0.25, -0.2) is 4.68 Å². The molecule has 0 fully saturated rings. The number of hydrogen-bond acceptors (Lipinski definition) is 3. The van der Waals surface area contributed by atoms with E-state index < -0.39 is 0 Å². The molecule has 1 atom stereocenters. The first-order chi connectivity index (χ1) is 13.3. The molecular weight excluding hydrogens is 348 g/mol. The third-order valence-electron chi connectivity index (χ3n) is 4.79.